The first kappa shape index (κ1) is 8.92. The molecular weight excluding hydrogens is 114 g/mol. The molecule has 0 bridgehead atoms. The van der Waals surface area contributed by atoms with Gasteiger partial charge in [-0.2, -0.15) is 0 Å². The summed E-state index contributed by atoms with van der Waals surface area (Å²) >= 11 is 0. The second kappa shape index (κ2) is 3.85. The van der Waals surface area contributed by atoms with Gasteiger partial charge < -0.3 is 10.0 Å². The molecule has 2 nitrogen and oxygen atoms in total. The molecule has 0 saturated carbocycles. The van der Waals surface area contributed by atoms with Crippen molar-refractivity contribution in [3.05, 3.63) is 0 Å². The Bertz CT molecular complexity index is 63.3. The Hall–Kier alpha value is -0.0800. The molecule has 56 valence electrons. The Morgan fingerprint density at radius 3 is 1.78 bits per heavy atom. The maximum absolute atomic E-state index is 8.83. The van der Waals surface area contributed by atoms with Crippen molar-refractivity contribution in [2.75, 3.05) is 20.7 Å². The van der Waals surface area contributed by atoms with Crippen molar-refractivity contribution < 1.29 is 5.11 Å². The van der Waals surface area contributed by atoms with Crippen LogP contribution in [0.5, 0.6) is 0 Å². The number of likely N-dealkylation sites (N-methyl/N-ethyl adjacent to an activating group) is 1. The Kier molecular flexibility index (Phi) is 3.82. The molecule has 9 heavy (non-hydrogen) atoms. The monoisotopic (exact) mass is 131 g/mol. The van der Waals surface area contributed by atoms with Crippen molar-refractivity contribution in [3.8, 4) is 0 Å². The number of rotatable bonds is 3. The van der Waals surface area contributed by atoms with E-state index in [1.807, 2.05) is 19.0 Å². The van der Waals surface area contributed by atoms with Gasteiger partial charge in [0.25, 0.3) is 0 Å². The van der Waals surface area contributed by atoms with Gasteiger partial charge in [-0.25, -0.2) is 0 Å². The summed E-state index contributed by atoms with van der Waals surface area (Å²) < 4.78 is 0. The molecule has 0 aromatic carbocycles. The normalized spacial score (nSPS) is 15.0. The summed E-state index contributed by atoms with van der Waals surface area (Å²) in [5, 5.41) is 8.83. The SMILES string of the molecule is CC(C)[C@H](CO)N(C)C. The lowest BCUT2D eigenvalue weighted by atomic mass is 10.1. The summed E-state index contributed by atoms with van der Waals surface area (Å²) in [6, 6.07) is 0.310. The summed E-state index contributed by atoms with van der Waals surface area (Å²) in [6.45, 7) is 4.48. The third kappa shape index (κ3) is 2.82. The minimum atomic E-state index is 0.255. The third-order valence-corrected chi connectivity index (χ3v) is 1.62. The second-order valence-electron chi connectivity index (χ2n) is 2.96. The molecule has 0 radical (unpaired) electrons. The number of aliphatic hydroxyl groups is 1. The van der Waals surface area contributed by atoms with Crippen LogP contribution in [0.15, 0.2) is 0 Å². The highest BCUT2D eigenvalue weighted by molar-refractivity contribution is 4.67. The van der Waals surface area contributed by atoms with Crippen LogP contribution < -0.4 is 0 Å². The van der Waals surface area contributed by atoms with E-state index in [9.17, 15) is 0 Å². The van der Waals surface area contributed by atoms with Crippen LogP contribution in [-0.2, 0) is 0 Å². The zero-order valence-electron chi connectivity index (χ0n) is 6.76. The number of nitrogens with zero attached hydrogens (tertiary/aromatic N) is 1. The van der Waals surface area contributed by atoms with Gasteiger partial charge in [0.15, 0.2) is 0 Å². The van der Waals surface area contributed by atoms with Crippen molar-refractivity contribution >= 4 is 0 Å². The van der Waals surface area contributed by atoms with Crippen LogP contribution >= 0.6 is 0 Å². The lowest BCUT2D eigenvalue weighted by Crippen LogP contribution is -2.35. The van der Waals surface area contributed by atoms with Crippen LogP contribution in [0.1, 0.15) is 13.8 Å². The van der Waals surface area contributed by atoms with Gasteiger partial charge in [-0.3, -0.25) is 0 Å². The maximum atomic E-state index is 8.83. The Morgan fingerprint density at radius 2 is 1.78 bits per heavy atom. The minimum Gasteiger partial charge on any atom is -0.395 e. The Morgan fingerprint density at radius 1 is 1.33 bits per heavy atom. The predicted molar refractivity (Wildman–Crippen MR) is 39.4 cm³/mol. The van der Waals surface area contributed by atoms with E-state index in [1.165, 1.54) is 0 Å². The van der Waals surface area contributed by atoms with Gasteiger partial charge in [0, 0.05) is 6.04 Å². The van der Waals surface area contributed by atoms with Gasteiger partial charge in [0.1, 0.15) is 0 Å². The first-order valence-corrected chi connectivity index (χ1v) is 3.37. The average molecular weight is 131 g/mol. The molecule has 1 atom stereocenters. The van der Waals surface area contributed by atoms with E-state index >= 15 is 0 Å². The highest BCUT2D eigenvalue weighted by atomic mass is 16.3. The molecule has 0 aliphatic heterocycles. The summed E-state index contributed by atoms with van der Waals surface area (Å²) in [6.07, 6.45) is 0. The van der Waals surface area contributed by atoms with Crippen molar-refractivity contribution in [2.45, 2.75) is 19.9 Å². The molecule has 0 rings (SSSR count). The molecule has 2 heteroatoms. The van der Waals surface area contributed by atoms with Crippen LogP contribution in [0.2, 0.25) is 0 Å². The molecule has 0 aliphatic rings. The molecule has 0 spiro atoms. The summed E-state index contributed by atoms with van der Waals surface area (Å²) in [5.74, 6) is 0.532. The van der Waals surface area contributed by atoms with Crippen LogP contribution in [-0.4, -0.2) is 36.8 Å². The lowest BCUT2D eigenvalue weighted by Gasteiger charge is -2.25. The number of aliphatic hydroxyl groups excluding tert-OH is 1. The molecule has 0 saturated heterocycles. The molecule has 0 aromatic rings. The standard InChI is InChI=1S/C7H17NO/c1-6(2)7(5-9)8(3)4/h6-7,9H,5H2,1-4H3/t7-/m0/s1. The van der Waals surface area contributed by atoms with Gasteiger partial charge in [-0.15, -0.1) is 0 Å². The number of hydrogen-bond donors (Lipinski definition) is 1. The summed E-state index contributed by atoms with van der Waals surface area (Å²) in [4.78, 5) is 2.05. The smallest absolute Gasteiger partial charge is 0.0589 e. The topological polar surface area (TPSA) is 23.5 Å². The average Bonchev–Trinajstić information content (AvgIpc) is 1.64. The van der Waals surface area contributed by atoms with E-state index in [4.69, 9.17) is 5.11 Å². The Labute approximate surface area is 57.5 Å². The van der Waals surface area contributed by atoms with Crippen molar-refractivity contribution in [3.63, 3.8) is 0 Å². The first-order valence-electron chi connectivity index (χ1n) is 3.37. The summed E-state index contributed by atoms with van der Waals surface area (Å²) in [5.41, 5.74) is 0. The van der Waals surface area contributed by atoms with Crippen molar-refractivity contribution in [2.24, 2.45) is 5.92 Å². The minimum absolute atomic E-state index is 0.255. The third-order valence-electron chi connectivity index (χ3n) is 1.62. The van der Waals surface area contributed by atoms with Gasteiger partial charge in [-0.05, 0) is 20.0 Å². The van der Waals surface area contributed by atoms with Gasteiger partial charge in [0.05, 0.1) is 6.61 Å². The van der Waals surface area contributed by atoms with Crippen LogP contribution in [0, 0.1) is 5.92 Å². The molecule has 0 aliphatic carbocycles. The maximum Gasteiger partial charge on any atom is 0.0589 e. The molecule has 0 aromatic heterocycles. The van der Waals surface area contributed by atoms with Crippen LogP contribution in [0.4, 0.5) is 0 Å². The van der Waals surface area contributed by atoms with Crippen LogP contribution in [0.3, 0.4) is 0 Å². The molecule has 0 unspecified atom stereocenters. The summed E-state index contributed by atoms with van der Waals surface area (Å²) in [7, 11) is 3.97. The van der Waals surface area contributed by atoms with E-state index in [1.54, 1.807) is 0 Å². The zero-order valence-corrected chi connectivity index (χ0v) is 6.76. The van der Waals surface area contributed by atoms with E-state index in [0.29, 0.717) is 12.0 Å². The fourth-order valence-electron chi connectivity index (χ4n) is 0.970. The number of hydrogen-bond acceptors (Lipinski definition) is 2. The molecule has 0 fully saturated rings. The molecule has 1 N–H and O–H groups in total. The van der Waals surface area contributed by atoms with Crippen LogP contribution in [0.25, 0.3) is 0 Å². The van der Waals surface area contributed by atoms with E-state index < -0.39 is 0 Å². The predicted octanol–water partition coefficient (Wildman–Crippen LogP) is 0.565. The van der Waals surface area contributed by atoms with Crippen molar-refractivity contribution in [1.82, 2.24) is 4.90 Å². The largest absolute Gasteiger partial charge is 0.395 e. The molecular formula is C7H17NO. The fourth-order valence-corrected chi connectivity index (χ4v) is 0.970. The van der Waals surface area contributed by atoms with E-state index in [0.717, 1.165) is 0 Å². The van der Waals surface area contributed by atoms with E-state index in [2.05, 4.69) is 13.8 Å². The first-order chi connectivity index (χ1) is 4.09. The quantitative estimate of drug-likeness (QED) is 0.605. The Balaban J connectivity index is 3.68. The van der Waals surface area contributed by atoms with E-state index in [-0.39, 0.29) is 6.61 Å². The fraction of sp³-hybridized carbons (Fsp3) is 1.00. The lowest BCUT2D eigenvalue weighted by molar-refractivity contribution is 0.134. The zero-order chi connectivity index (χ0) is 7.44. The molecule has 0 heterocycles. The van der Waals surface area contributed by atoms with Gasteiger partial charge >= 0.3 is 0 Å². The van der Waals surface area contributed by atoms with Gasteiger partial charge in [0.2, 0.25) is 0 Å². The second-order valence-corrected chi connectivity index (χ2v) is 2.96. The van der Waals surface area contributed by atoms with Crippen molar-refractivity contribution in [1.29, 1.82) is 0 Å². The van der Waals surface area contributed by atoms with Gasteiger partial charge in [-0.1, -0.05) is 13.8 Å². The highest BCUT2D eigenvalue weighted by Crippen LogP contribution is 2.05. The highest BCUT2D eigenvalue weighted by Gasteiger charge is 2.12. The molecule has 0 amide bonds.